The van der Waals surface area contributed by atoms with Gasteiger partial charge < -0.3 is 19.5 Å². The van der Waals surface area contributed by atoms with Crippen LogP contribution in [0.25, 0.3) is 0 Å². The lowest BCUT2D eigenvalue weighted by molar-refractivity contribution is -0.118. The number of rotatable bonds is 7. The molecule has 0 radical (unpaired) electrons. The fourth-order valence-corrected chi connectivity index (χ4v) is 4.10. The highest BCUT2D eigenvalue weighted by atomic mass is 35.5. The van der Waals surface area contributed by atoms with Gasteiger partial charge in [-0.2, -0.15) is 0 Å². The smallest absolute Gasteiger partial charge is 0.339 e. The van der Waals surface area contributed by atoms with Crippen LogP contribution in [0.5, 0.6) is 5.75 Å². The molecule has 0 atom stereocenters. The summed E-state index contributed by atoms with van der Waals surface area (Å²) < 4.78 is 16.3. The molecule has 0 saturated heterocycles. The van der Waals surface area contributed by atoms with Crippen molar-refractivity contribution in [1.29, 1.82) is 0 Å². The van der Waals surface area contributed by atoms with Gasteiger partial charge in [0.15, 0.2) is 6.79 Å². The Hall–Kier alpha value is -2.22. The van der Waals surface area contributed by atoms with Gasteiger partial charge in [0.2, 0.25) is 5.91 Å². The molecule has 1 heterocycles. The molecular formula is C21H20ClNO5S. The predicted octanol–water partition coefficient (Wildman–Crippen LogP) is 3.93. The SMILES string of the molecule is O=C(CSc1ccccc1C(=O)OCc1cc(Cl)cc2c1OCOC2)NC1CC1. The molecular weight excluding hydrogens is 414 g/mol. The van der Waals surface area contributed by atoms with Crippen molar-refractivity contribution in [2.75, 3.05) is 12.5 Å². The number of halogens is 1. The zero-order valence-electron chi connectivity index (χ0n) is 15.6. The number of carbonyl (C=O) groups excluding carboxylic acids is 2. The van der Waals surface area contributed by atoms with Crippen molar-refractivity contribution in [2.45, 2.75) is 37.0 Å². The summed E-state index contributed by atoms with van der Waals surface area (Å²) in [6.45, 7) is 0.583. The number of hydrogen-bond acceptors (Lipinski definition) is 6. The quantitative estimate of drug-likeness (QED) is 0.526. The molecule has 6 nitrogen and oxygen atoms in total. The van der Waals surface area contributed by atoms with E-state index in [-0.39, 0.29) is 25.1 Å². The van der Waals surface area contributed by atoms with Crippen LogP contribution in [0.1, 0.15) is 34.3 Å². The Labute approximate surface area is 177 Å². The predicted molar refractivity (Wildman–Crippen MR) is 109 cm³/mol. The lowest BCUT2D eigenvalue weighted by atomic mass is 10.1. The zero-order valence-corrected chi connectivity index (χ0v) is 17.2. The third-order valence-corrected chi connectivity index (χ3v) is 5.81. The van der Waals surface area contributed by atoms with E-state index in [0.717, 1.165) is 18.4 Å². The van der Waals surface area contributed by atoms with Gasteiger partial charge >= 0.3 is 5.97 Å². The van der Waals surface area contributed by atoms with E-state index in [1.165, 1.54) is 11.8 Å². The molecule has 1 amide bonds. The van der Waals surface area contributed by atoms with Crippen molar-refractivity contribution in [3.63, 3.8) is 0 Å². The maximum atomic E-state index is 12.7. The molecule has 1 aliphatic carbocycles. The molecule has 0 bridgehead atoms. The fraction of sp³-hybridized carbons (Fsp3) is 0.333. The van der Waals surface area contributed by atoms with Crippen LogP contribution in [0.3, 0.4) is 0 Å². The van der Waals surface area contributed by atoms with Gasteiger partial charge in [0.25, 0.3) is 0 Å². The Morgan fingerprint density at radius 2 is 2.07 bits per heavy atom. The van der Waals surface area contributed by atoms with Crippen LogP contribution < -0.4 is 10.1 Å². The van der Waals surface area contributed by atoms with Crippen LogP contribution in [0.4, 0.5) is 0 Å². The number of thioether (sulfide) groups is 1. The van der Waals surface area contributed by atoms with E-state index < -0.39 is 5.97 Å². The monoisotopic (exact) mass is 433 g/mol. The molecule has 2 aliphatic rings. The van der Waals surface area contributed by atoms with Gasteiger partial charge in [0.05, 0.1) is 17.9 Å². The first-order valence-electron chi connectivity index (χ1n) is 9.30. The van der Waals surface area contributed by atoms with E-state index in [0.29, 0.717) is 39.4 Å². The first-order chi connectivity index (χ1) is 14.1. The van der Waals surface area contributed by atoms with Crippen molar-refractivity contribution in [2.24, 2.45) is 0 Å². The third kappa shape index (κ3) is 5.23. The summed E-state index contributed by atoms with van der Waals surface area (Å²) >= 11 is 7.48. The number of esters is 1. The Kier molecular flexibility index (Phi) is 6.28. The summed E-state index contributed by atoms with van der Waals surface area (Å²) in [7, 11) is 0. The van der Waals surface area contributed by atoms with Gasteiger partial charge in [-0.25, -0.2) is 4.79 Å². The van der Waals surface area contributed by atoms with Crippen molar-refractivity contribution in [1.82, 2.24) is 5.32 Å². The molecule has 8 heteroatoms. The molecule has 1 saturated carbocycles. The highest BCUT2D eigenvalue weighted by molar-refractivity contribution is 8.00. The van der Waals surface area contributed by atoms with Crippen LogP contribution >= 0.6 is 23.4 Å². The zero-order chi connectivity index (χ0) is 20.2. The highest BCUT2D eigenvalue weighted by Gasteiger charge is 2.23. The van der Waals surface area contributed by atoms with E-state index in [9.17, 15) is 9.59 Å². The largest absolute Gasteiger partial charge is 0.467 e. The fourth-order valence-electron chi connectivity index (χ4n) is 2.99. The Balaban J connectivity index is 1.41. The first-order valence-corrected chi connectivity index (χ1v) is 10.7. The molecule has 0 aromatic heterocycles. The van der Waals surface area contributed by atoms with E-state index in [1.807, 2.05) is 12.1 Å². The molecule has 1 N–H and O–H groups in total. The number of hydrogen-bond donors (Lipinski definition) is 1. The van der Waals surface area contributed by atoms with Crippen molar-refractivity contribution < 1.29 is 23.8 Å². The van der Waals surface area contributed by atoms with Gasteiger partial charge in [-0.3, -0.25) is 4.79 Å². The average molecular weight is 434 g/mol. The van der Waals surface area contributed by atoms with Gasteiger partial charge in [-0.15, -0.1) is 11.8 Å². The molecule has 2 aromatic rings. The maximum absolute atomic E-state index is 12.7. The van der Waals surface area contributed by atoms with Crippen LogP contribution in [-0.4, -0.2) is 30.5 Å². The lowest BCUT2D eigenvalue weighted by Crippen LogP contribution is -2.27. The van der Waals surface area contributed by atoms with Crippen molar-refractivity contribution in [3.05, 3.63) is 58.1 Å². The Morgan fingerprint density at radius 1 is 1.24 bits per heavy atom. The molecule has 0 unspecified atom stereocenters. The molecule has 0 spiro atoms. The van der Waals surface area contributed by atoms with Gasteiger partial charge in [-0.05, 0) is 37.1 Å². The summed E-state index contributed by atoms with van der Waals surface area (Å²) in [6.07, 6.45) is 2.09. The highest BCUT2D eigenvalue weighted by Crippen LogP contribution is 2.32. The van der Waals surface area contributed by atoms with Gasteiger partial charge in [-0.1, -0.05) is 23.7 Å². The average Bonchev–Trinajstić information content (AvgIpc) is 3.54. The minimum atomic E-state index is -0.462. The molecule has 152 valence electrons. The second-order valence-electron chi connectivity index (χ2n) is 6.87. The van der Waals surface area contributed by atoms with Gasteiger partial charge in [0, 0.05) is 27.1 Å². The molecule has 4 rings (SSSR count). The number of ether oxygens (including phenoxy) is 3. The topological polar surface area (TPSA) is 73.9 Å². The number of benzene rings is 2. The van der Waals surface area contributed by atoms with E-state index in [1.54, 1.807) is 24.3 Å². The number of amides is 1. The van der Waals surface area contributed by atoms with Crippen molar-refractivity contribution >= 4 is 35.2 Å². The first kappa shape index (κ1) is 20.1. The standard InChI is InChI=1S/C21H20ClNO5S/c22-15-7-13-9-26-12-28-20(13)14(8-15)10-27-21(25)17-3-1-2-4-18(17)29-11-19(24)23-16-5-6-16/h1-4,7-8,16H,5-6,9-12H2,(H,23,24). The minimum absolute atomic E-state index is 0.0226. The summed E-state index contributed by atoms with van der Waals surface area (Å²) in [5.41, 5.74) is 1.95. The number of nitrogens with one attached hydrogen (secondary N) is 1. The molecule has 2 aromatic carbocycles. The second-order valence-corrected chi connectivity index (χ2v) is 8.32. The van der Waals surface area contributed by atoms with Crippen LogP contribution in [0.2, 0.25) is 5.02 Å². The van der Waals surface area contributed by atoms with E-state index in [2.05, 4.69) is 5.32 Å². The Bertz CT molecular complexity index is 931. The minimum Gasteiger partial charge on any atom is -0.467 e. The lowest BCUT2D eigenvalue weighted by Gasteiger charge is -2.21. The van der Waals surface area contributed by atoms with Crippen LogP contribution in [-0.2, 0) is 27.5 Å². The number of carbonyl (C=O) groups is 2. The normalized spacial score (nSPS) is 15.2. The van der Waals surface area contributed by atoms with E-state index >= 15 is 0 Å². The second kappa shape index (κ2) is 9.07. The summed E-state index contributed by atoms with van der Waals surface area (Å²) in [6, 6.07) is 10.9. The molecule has 29 heavy (non-hydrogen) atoms. The molecule has 1 aliphatic heterocycles. The van der Waals surface area contributed by atoms with Gasteiger partial charge in [0.1, 0.15) is 12.4 Å². The summed E-state index contributed by atoms with van der Waals surface area (Å²) in [5, 5.41) is 3.47. The Morgan fingerprint density at radius 3 is 2.90 bits per heavy atom. The van der Waals surface area contributed by atoms with Crippen LogP contribution in [0.15, 0.2) is 41.3 Å². The summed E-state index contributed by atoms with van der Waals surface area (Å²) in [4.78, 5) is 25.3. The van der Waals surface area contributed by atoms with Crippen LogP contribution in [0, 0.1) is 0 Å². The third-order valence-electron chi connectivity index (χ3n) is 4.52. The molecule has 1 fully saturated rings. The summed E-state index contributed by atoms with van der Waals surface area (Å²) in [5.74, 6) is 0.422. The number of fused-ring (bicyclic) bond motifs is 1. The van der Waals surface area contributed by atoms with E-state index in [4.69, 9.17) is 25.8 Å². The maximum Gasteiger partial charge on any atom is 0.339 e. The van der Waals surface area contributed by atoms with Crippen molar-refractivity contribution in [3.8, 4) is 5.75 Å².